The zero-order valence-electron chi connectivity index (χ0n) is 16.1. The standard InChI is InChI=1S/C23H21N3O2S/c1-2-3-13-28-19-11-9-17(10-12-19)14-25-26-16-24-22-21(23(26)27)20(15-29-22)18-7-5-4-6-8-18/h4-12,14-16H,2-3,13H2,1H3/b25-14-. The largest absolute Gasteiger partial charge is 0.494 e. The van der Waals surface area contributed by atoms with Crippen LogP contribution in [0.3, 0.4) is 0 Å². The lowest BCUT2D eigenvalue weighted by atomic mass is 10.1. The van der Waals surface area contributed by atoms with Crippen LogP contribution in [0, 0.1) is 0 Å². The average molecular weight is 404 g/mol. The van der Waals surface area contributed by atoms with E-state index in [2.05, 4.69) is 17.0 Å². The molecule has 0 amide bonds. The Balaban J connectivity index is 1.60. The van der Waals surface area contributed by atoms with Gasteiger partial charge in [0.15, 0.2) is 0 Å². The summed E-state index contributed by atoms with van der Waals surface area (Å²) in [7, 11) is 0. The summed E-state index contributed by atoms with van der Waals surface area (Å²) in [5.41, 5.74) is 2.60. The second-order valence-corrected chi connectivity index (χ2v) is 7.46. The summed E-state index contributed by atoms with van der Waals surface area (Å²) in [6, 6.07) is 17.5. The summed E-state index contributed by atoms with van der Waals surface area (Å²) >= 11 is 1.47. The van der Waals surface area contributed by atoms with Crippen molar-refractivity contribution in [2.75, 3.05) is 6.61 Å². The van der Waals surface area contributed by atoms with Crippen molar-refractivity contribution < 1.29 is 4.74 Å². The van der Waals surface area contributed by atoms with E-state index in [9.17, 15) is 4.79 Å². The van der Waals surface area contributed by atoms with Gasteiger partial charge in [-0.15, -0.1) is 11.3 Å². The van der Waals surface area contributed by atoms with Gasteiger partial charge in [-0.25, -0.2) is 4.98 Å². The highest BCUT2D eigenvalue weighted by Gasteiger charge is 2.12. The summed E-state index contributed by atoms with van der Waals surface area (Å²) in [5.74, 6) is 0.835. The van der Waals surface area contributed by atoms with Crippen LogP contribution in [0.2, 0.25) is 0 Å². The maximum atomic E-state index is 13.0. The van der Waals surface area contributed by atoms with Crippen molar-refractivity contribution in [3.05, 3.63) is 82.2 Å². The van der Waals surface area contributed by atoms with E-state index >= 15 is 0 Å². The van der Waals surface area contributed by atoms with Gasteiger partial charge in [-0.3, -0.25) is 4.79 Å². The monoisotopic (exact) mass is 403 g/mol. The number of aromatic nitrogens is 2. The highest BCUT2D eigenvalue weighted by Crippen LogP contribution is 2.30. The van der Waals surface area contributed by atoms with Crippen molar-refractivity contribution in [3.63, 3.8) is 0 Å². The summed E-state index contributed by atoms with van der Waals surface area (Å²) in [6.07, 6.45) is 5.26. The van der Waals surface area contributed by atoms with Crippen LogP contribution in [0.25, 0.3) is 21.3 Å². The lowest BCUT2D eigenvalue weighted by molar-refractivity contribution is 0.309. The first-order valence-electron chi connectivity index (χ1n) is 9.58. The fourth-order valence-electron chi connectivity index (χ4n) is 2.95. The molecular formula is C23H21N3O2S. The van der Waals surface area contributed by atoms with Gasteiger partial charge in [0.2, 0.25) is 0 Å². The van der Waals surface area contributed by atoms with Crippen molar-refractivity contribution in [1.82, 2.24) is 9.66 Å². The maximum absolute atomic E-state index is 13.0. The van der Waals surface area contributed by atoms with Gasteiger partial charge >= 0.3 is 0 Å². The van der Waals surface area contributed by atoms with E-state index in [1.165, 1.54) is 22.3 Å². The topological polar surface area (TPSA) is 56.5 Å². The van der Waals surface area contributed by atoms with E-state index in [-0.39, 0.29) is 5.56 Å². The molecule has 2 aromatic carbocycles. The first-order chi connectivity index (χ1) is 14.3. The predicted octanol–water partition coefficient (Wildman–Crippen LogP) is 5.19. The summed E-state index contributed by atoms with van der Waals surface area (Å²) < 4.78 is 6.95. The highest BCUT2D eigenvalue weighted by atomic mass is 32.1. The highest BCUT2D eigenvalue weighted by molar-refractivity contribution is 7.17. The van der Waals surface area contributed by atoms with Gasteiger partial charge in [-0.05, 0) is 41.8 Å². The second kappa shape index (κ2) is 8.84. The molecule has 4 rings (SSSR count). The van der Waals surface area contributed by atoms with E-state index in [0.717, 1.165) is 41.9 Å². The van der Waals surface area contributed by atoms with E-state index in [0.29, 0.717) is 10.2 Å². The molecule has 0 radical (unpaired) electrons. The average Bonchev–Trinajstić information content (AvgIpc) is 3.20. The third kappa shape index (κ3) is 4.27. The number of ether oxygens (including phenoxy) is 1. The van der Waals surface area contributed by atoms with Gasteiger partial charge in [0, 0.05) is 10.9 Å². The predicted molar refractivity (Wildman–Crippen MR) is 119 cm³/mol. The quantitative estimate of drug-likeness (QED) is 0.315. The molecule has 0 fully saturated rings. The molecule has 4 aromatic rings. The molecule has 0 unspecified atom stereocenters. The molecule has 6 heteroatoms. The van der Waals surface area contributed by atoms with Crippen molar-refractivity contribution in [3.8, 4) is 16.9 Å². The van der Waals surface area contributed by atoms with Crippen LogP contribution in [0.1, 0.15) is 25.3 Å². The number of fused-ring (bicyclic) bond motifs is 1. The van der Waals surface area contributed by atoms with Gasteiger partial charge in [-0.2, -0.15) is 9.78 Å². The van der Waals surface area contributed by atoms with Crippen LogP contribution < -0.4 is 10.3 Å². The Bertz CT molecular complexity index is 1180. The smallest absolute Gasteiger partial charge is 0.283 e. The third-order valence-corrected chi connectivity index (χ3v) is 5.43. The van der Waals surface area contributed by atoms with E-state index in [1.54, 1.807) is 6.21 Å². The summed E-state index contributed by atoms with van der Waals surface area (Å²) in [5, 5.41) is 6.90. The first-order valence-corrected chi connectivity index (χ1v) is 10.5. The molecule has 146 valence electrons. The number of hydrogen-bond acceptors (Lipinski definition) is 5. The van der Waals surface area contributed by atoms with E-state index < -0.39 is 0 Å². The molecule has 0 atom stereocenters. The number of nitrogens with zero attached hydrogens (tertiary/aromatic N) is 3. The van der Waals surface area contributed by atoms with Crippen molar-refractivity contribution in [1.29, 1.82) is 0 Å². The normalized spacial score (nSPS) is 11.3. The van der Waals surface area contributed by atoms with Crippen LogP contribution in [0.5, 0.6) is 5.75 Å². The molecule has 29 heavy (non-hydrogen) atoms. The lowest BCUT2D eigenvalue weighted by Crippen LogP contribution is -2.16. The molecule has 0 saturated carbocycles. The van der Waals surface area contributed by atoms with Crippen LogP contribution in [0.4, 0.5) is 0 Å². The minimum absolute atomic E-state index is 0.175. The molecular weight excluding hydrogens is 382 g/mol. The fraction of sp³-hybridized carbons (Fsp3) is 0.174. The summed E-state index contributed by atoms with van der Waals surface area (Å²) in [6.45, 7) is 2.85. The van der Waals surface area contributed by atoms with Crippen molar-refractivity contribution in [2.45, 2.75) is 19.8 Å². The Morgan fingerprint density at radius 1 is 1.14 bits per heavy atom. The second-order valence-electron chi connectivity index (χ2n) is 6.61. The van der Waals surface area contributed by atoms with Crippen molar-refractivity contribution >= 4 is 27.8 Å². The molecule has 0 N–H and O–H groups in total. The SMILES string of the molecule is CCCCOc1ccc(/C=N\n2cnc3scc(-c4ccccc4)c3c2=O)cc1. The van der Waals surface area contributed by atoms with Crippen molar-refractivity contribution in [2.24, 2.45) is 5.10 Å². The minimum Gasteiger partial charge on any atom is -0.494 e. The Morgan fingerprint density at radius 2 is 1.93 bits per heavy atom. The summed E-state index contributed by atoms with van der Waals surface area (Å²) in [4.78, 5) is 18.1. The van der Waals surface area contributed by atoms with Crippen LogP contribution in [-0.2, 0) is 0 Å². The number of unbranched alkanes of at least 4 members (excludes halogenated alkanes) is 1. The molecule has 0 aliphatic heterocycles. The van der Waals surface area contributed by atoms with Crippen LogP contribution in [-0.4, -0.2) is 22.5 Å². The van der Waals surface area contributed by atoms with Gasteiger partial charge in [-0.1, -0.05) is 43.7 Å². The Morgan fingerprint density at radius 3 is 2.69 bits per heavy atom. The van der Waals surface area contributed by atoms with E-state index in [1.807, 2.05) is 60.0 Å². The zero-order chi connectivity index (χ0) is 20.1. The van der Waals surface area contributed by atoms with Gasteiger partial charge < -0.3 is 4.74 Å². The number of benzene rings is 2. The number of thiophene rings is 1. The molecule has 0 spiro atoms. The van der Waals surface area contributed by atoms with Crippen LogP contribution in [0.15, 0.2) is 76.2 Å². The molecule has 0 saturated heterocycles. The maximum Gasteiger partial charge on any atom is 0.283 e. The molecule has 2 heterocycles. The number of hydrogen-bond donors (Lipinski definition) is 0. The molecule has 0 aliphatic rings. The lowest BCUT2D eigenvalue weighted by Gasteiger charge is -2.05. The molecule has 0 bridgehead atoms. The third-order valence-electron chi connectivity index (χ3n) is 4.54. The number of rotatable bonds is 7. The Labute approximate surface area is 172 Å². The van der Waals surface area contributed by atoms with Gasteiger partial charge in [0.1, 0.15) is 16.9 Å². The zero-order valence-corrected chi connectivity index (χ0v) is 16.9. The van der Waals surface area contributed by atoms with Gasteiger partial charge in [0.05, 0.1) is 18.2 Å². The minimum atomic E-state index is -0.175. The molecule has 5 nitrogen and oxygen atoms in total. The molecule has 0 aliphatic carbocycles. The van der Waals surface area contributed by atoms with Gasteiger partial charge in [0.25, 0.3) is 5.56 Å². The Hall–Kier alpha value is -3.25. The van der Waals surface area contributed by atoms with Crippen LogP contribution >= 0.6 is 11.3 Å². The fourth-order valence-corrected chi connectivity index (χ4v) is 3.86. The van der Waals surface area contributed by atoms with E-state index in [4.69, 9.17) is 4.74 Å². The molecule has 2 aromatic heterocycles. The first kappa shape index (κ1) is 19.1. The Kier molecular flexibility index (Phi) is 5.81.